The highest BCUT2D eigenvalue weighted by atomic mass is 127. The molecule has 0 fully saturated rings. The lowest BCUT2D eigenvalue weighted by Crippen LogP contribution is -2.38. The van der Waals surface area contributed by atoms with Gasteiger partial charge < -0.3 is 15.4 Å². The van der Waals surface area contributed by atoms with Crippen molar-refractivity contribution in [2.45, 2.75) is 26.0 Å². The zero-order chi connectivity index (χ0) is 20.3. The maximum absolute atomic E-state index is 5.91. The van der Waals surface area contributed by atoms with Crippen LogP contribution in [0.1, 0.15) is 30.8 Å². The number of rotatable bonds is 9. The molecule has 0 aliphatic rings. The van der Waals surface area contributed by atoms with Crippen molar-refractivity contribution in [1.82, 2.24) is 25.4 Å². The van der Waals surface area contributed by atoms with Gasteiger partial charge in [0.15, 0.2) is 11.8 Å². The molecule has 0 saturated heterocycles. The Morgan fingerprint density at radius 1 is 1.07 bits per heavy atom. The summed E-state index contributed by atoms with van der Waals surface area (Å²) in [5.74, 6) is 1.54. The minimum absolute atomic E-state index is 0. The molecule has 0 spiro atoms. The molecule has 7 nitrogen and oxygen atoms in total. The SMILES string of the molecule is CN=C(NCCCOC(C)c1ccccc1)NCc1nncn1-c1ccccc1.I. The third kappa shape index (κ3) is 7.10. The highest BCUT2D eigenvalue weighted by Gasteiger charge is 2.07. The van der Waals surface area contributed by atoms with Gasteiger partial charge in [0.05, 0.1) is 12.6 Å². The number of hydrogen-bond donors (Lipinski definition) is 2. The molecule has 3 rings (SSSR count). The maximum atomic E-state index is 5.91. The second-order valence-electron chi connectivity index (χ2n) is 6.58. The van der Waals surface area contributed by atoms with Gasteiger partial charge in [0.25, 0.3) is 0 Å². The van der Waals surface area contributed by atoms with E-state index in [0.717, 1.165) is 30.4 Å². The van der Waals surface area contributed by atoms with Crippen LogP contribution in [-0.2, 0) is 11.3 Å². The summed E-state index contributed by atoms with van der Waals surface area (Å²) in [5.41, 5.74) is 2.22. The van der Waals surface area contributed by atoms with E-state index in [1.807, 2.05) is 53.1 Å². The quantitative estimate of drug-likeness (QED) is 0.195. The molecule has 0 bridgehead atoms. The van der Waals surface area contributed by atoms with Gasteiger partial charge in [-0.2, -0.15) is 0 Å². The summed E-state index contributed by atoms with van der Waals surface area (Å²) in [6, 6.07) is 20.3. The third-order valence-corrected chi connectivity index (χ3v) is 4.54. The number of aliphatic imine (C=N–C) groups is 1. The predicted molar refractivity (Wildman–Crippen MR) is 130 cm³/mol. The molecule has 1 atom stereocenters. The van der Waals surface area contributed by atoms with Crippen LogP contribution < -0.4 is 10.6 Å². The number of halogens is 1. The van der Waals surface area contributed by atoms with Crippen molar-refractivity contribution in [3.8, 4) is 5.69 Å². The minimum Gasteiger partial charge on any atom is -0.374 e. The van der Waals surface area contributed by atoms with Crippen LogP contribution in [0.15, 0.2) is 72.0 Å². The molecule has 30 heavy (non-hydrogen) atoms. The lowest BCUT2D eigenvalue weighted by Gasteiger charge is -2.15. The fourth-order valence-electron chi connectivity index (χ4n) is 2.93. The number of nitrogens with zero attached hydrogens (tertiary/aromatic N) is 4. The number of guanidine groups is 1. The van der Waals surface area contributed by atoms with Crippen molar-refractivity contribution < 1.29 is 4.74 Å². The maximum Gasteiger partial charge on any atom is 0.191 e. The van der Waals surface area contributed by atoms with Crippen LogP contribution in [0.4, 0.5) is 0 Å². The molecule has 1 unspecified atom stereocenters. The van der Waals surface area contributed by atoms with Gasteiger partial charge in [0.1, 0.15) is 6.33 Å². The van der Waals surface area contributed by atoms with Crippen molar-refractivity contribution in [1.29, 1.82) is 0 Å². The molecule has 1 heterocycles. The van der Waals surface area contributed by atoms with E-state index in [0.29, 0.717) is 13.2 Å². The molecule has 0 aliphatic heterocycles. The minimum atomic E-state index is 0. The van der Waals surface area contributed by atoms with E-state index in [4.69, 9.17) is 4.74 Å². The summed E-state index contributed by atoms with van der Waals surface area (Å²) in [6.45, 7) is 4.05. The van der Waals surface area contributed by atoms with E-state index < -0.39 is 0 Å². The van der Waals surface area contributed by atoms with Crippen LogP contribution in [0.25, 0.3) is 5.69 Å². The van der Waals surface area contributed by atoms with Crippen LogP contribution in [0.3, 0.4) is 0 Å². The summed E-state index contributed by atoms with van der Waals surface area (Å²) in [6.07, 6.45) is 2.70. The molecule has 8 heteroatoms. The number of nitrogens with one attached hydrogen (secondary N) is 2. The Bertz CT molecular complexity index is 885. The van der Waals surface area contributed by atoms with Gasteiger partial charge in [0.2, 0.25) is 0 Å². The molecule has 0 aliphatic carbocycles. The van der Waals surface area contributed by atoms with Gasteiger partial charge in [-0.1, -0.05) is 48.5 Å². The third-order valence-electron chi connectivity index (χ3n) is 4.54. The van der Waals surface area contributed by atoms with Crippen LogP contribution in [0.2, 0.25) is 0 Å². The molecule has 3 aromatic rings. The average Bonchev–Trinajstić information content (AvgIpc) is 3.25. The van der Waals surface area contributed by atoms with Gasteiger partial charge in [-0.15, -0.1) is 34.2 Å². The van der Waals surface area contributed by atoms with E-state index >= 15 is 0 Å². The van der Waals surface area contributed by atoms with Crippen LogP contribution in [0.5, 0.6) is 0 Å². The summed E-state index contributed by atoms with van der Waals surface area (Å²) in [5, 5.41) is 14.8. The fourth-order valence-corrected chi connectivity index (χ4v) is 2.93. The largest absolute Gasteiger partial charge is 0.374 e. The standard InChI is InChI=1S/C22H28N6O.HI/c1-18(19-10-5-3-6-11-19)29-15-9-14-24-22(23-2)25-16-21-27-26-17-28(21)20-12-7-4-8-13-20;/h3-8,10-13,17-18H,9,14-16H2,1-2H3,(H2,23,24,25);1H. The fraction of sp³-hybridized carbons (Fsp3) is 0.318. The van der Waals surface area contributed by atoms with Gasteiger partial charge in [-0.3, -0.25) is 9.56 Å². The zero-order valence-electron chi connectivity index (χ0n) is 17.4. The smallest absolute Gasteiger partial charge is 0.191 e. The van der Waals surface area contributed by atoms with Crippen molar-refractivity contribution in [3.63, 3.8) is 0 Å². The van der Waals surface area contributed by atoms with Gasteiger partial charge in [-0.25, -0.2) is 0 Å². The van der Waals surface area contributed by atoms with E-state index in [1.54, 1.807) is 13.4 Å². The van der Waals surface area contributed by atoms with Crippen molar-refractivity contribution in [3.05, 3.63) is 78.4 Å². The van der Waals surface area contributed by atoms with Crippen LogP contribution >= 0.6 is 24.0 Å². The Morgan fingerprint density at radius 3 is 2.47 bits per heavy atom. The topological polar surface area (TPSA) is 76.4 Å². The number of ether oxygens (including phenoxy) is 1. The van der Waals surface area contributed by atoms with E-state index in [9.17, 15) is 0 Å². The van der Waals surface area contributed by atoms with Gasteiger partial charge >= 0.3 is 0 Å². The molecular formula is C22H29IN6O. The first-order valence-corrected chi connectivity index (χ1v) is 9.83. The molecule has 2 aromatic carbocycles. The molecule has 0 amide bonds. The molecular weight excluding hydrogens is 491 g/mol. The average molecular weight is 520 g/mol. The highest BCUT2D eigenvalue weighted by molar-refractivity contribution is 14.0. The second kappa shape index (κ2) is 13.0. The summed E-state index contributed by atoms with van der Waals surface area (Å²) < 4.78 is 7.86. The highest BCUT2D eigenvalue weighted by Crippen LogP contribution is 2.15. The zero-order valence-corrected chi connectivity index (χ0v) is 19.7. The number of aromatic nitrogens is 3. The second-order valence-corrected chi connectivity index (χ2v) is 6.58. The van der Waals surface area contributed by atoms with Crippen LogP contribution in [0, 0.1) is 0 Å². The summed E-state index contributed by atoms with van der Waals surface area (Å²) >= 11 is 0. The van der Waals surface area contributed by atoms with E-state index in [-0.39, 0.29) is 30.1 Å². The number of benzene rings is 2. The first kappa shape index (κ1) is 23.8. The monoisotopic (exact) mass is 520 g/mol. The lowest BCUT2D eigenvalue weighted by atomic mass is 10.1. The predicted octanol–water partition coefficient (Wildman–Crippen LogP) is 3.72. The summed E-state index contributed by atoms with van der Waals surface area (Å²) in [4.78, 5) is 4.27. The Balaban J connectivity index is 0.00000320. The van der Waals surface area contributed by atoms with Crippen molar-refractivity contribution in [2.75, 3.05) is 20.2 Å². The van der Waals surface area contributed by atoms with E-state index in [2.05, 4.69) is 44.9 Å². The Hall–Kier alpha value is -2.46. The number of para-hydroxylation sites is 1. The molecule has 1 aromatic heterocycles. The Labute approximate surface area is 195 Å². The summed E-state index contributed by atoms with van der Waals surface area (Å²) in [7, 11) is 1.76. The molecule has 0 radical (unpaired) electrons. The number of hydrogen-bond acceptors (Lipinski definition) is 4. The molecule has 160 valence electrons. The first-order valence-electron chi connectivity index (χ1n) is 9.83. The van der Waals surface area contributed by atoms with Gasteiger partial charge in [0, 0.05) is 25.9 Å². The Morgan fingerprint density at radius 2 is 1.77 bits per heavy atom. The molecule has 0 saturated carbocycles. The lowest BCUT2D eigenvalue weighted by molar-refractivity contribution is 0.0646. The van der Waals surface area contributed by atoms with Crippen molar-refractivity contribution >= 4 is 29.9 Å². The van der Waals surface area contributed by atoms with Crippen LogP contribution in [-0.4, -0.2) is 40.9 Å². The van der Waals surface area contributed by atoms with Gasteiger partial charge in [-0.05, 0) is 31.0 Å². The normalized spacial score (nSPS) is 12.1. The Kier molecular flexibility index (Phi) is 10.3. The van der Waals surface area contributed by atoms with Crippen molar-refractivity contribution in [2.24, 2.45) is 4.99 Å². The first-order chi connectivity index (χ1) is 14.3. The van der Waals surface area contributed by atoms with E-state index in [1.165, 1.54) is 5.56 Å². The molecule has 2 N–H and O–H groups in total.